The van der Waals surface area contributed by atoms with Crippen molar-refractivity contribution in [2.24, 2.45) is 5.92 Å². The highest BCUT2D eigenvalue weighted by molar-refractivity contribution is 7.09. The number of amides is 2. The van der Waals surface area contributed by atoms with Gasteiger partial charge in [0.25, 0.3) is 5.91 Å². The van der Waals surface area contributed by atoms with Gasteiger partial charge in [0, 0.05) is 24.2 Å². The van der Waals surface area contributed by atoms with E-state index < -0.39 is 5.91 Å². The van der Waals surface area contributed by atoms with Gasteiger partial charge in [0.05, 0.1) is 11.4 Å². The maximum absolute atomic E-state index is 13.8. The quantitative estimate of drug-likeness (QED) is 0.667. The van der Waals surface area contributed by atoms with Crippen LogP contribution in [-0.2, 0) is 11.3 Å². The van der Waals surface area contributed by atoms with E-state index in [1.165, 1.54) is 6.07 Å². The number of pyridine rings is 1. The maximum atomic E-state index is 13.8. The van der Waals surface area contributed by atoms with Gasteiger partial charge in [0.2, 0.25) is 5.91 Å². The number of halogens is 1. The third-order valence-corrected chi connectivity index (χ3v) is 5.25. The van der Waals surface area contributed by atoms with Crippen molar-refractivity contribution in [2.45, 2.75) is 19.4 Å². The monoisotopic (exact) mass is 396 g/mol. The number of aromatic nitrogens is 2. The van der Waals surface area contributed by atoms with Crippen molar-refractivity contribution < 1.29 is 14.0 Å². The molecule has 1 aliphatic carbocycles. The van der Waals surface area contributed by atoms with Gasteiger partial charge in [-0.1, -0.05) is 24.3 Å². The molecule has 1 aromatic carbocycles. The second-order valence-electron chi connectivity index (χ2n) is 6.49. The van der Waals surface area contributed by atoms with Crippen LogP contribution in [0.4, 0.5) is 10.1 Å². The van der Waals surface area contributed by atoms with E-state index in [0.717, 1.165) is 24.4 Å². The largest absolute Gasteiger partial charge is 0.347 e. The number of benzene rings is 1. The van der Waals surface area contributed by atoms with Crippen LogP contribution in [0.15, 0.2) is 48.7 Å². The zero-order valence-electron chi connectivity index (χ0n) is 14.8. The molecule has 2 aromatic heterocycles. The summed E-state index contributed by atoms with van der Waals surface area (Å²) in [5.41, 5.74) is 1.76. The number of nitrogens with one attached hydrogen (secondary N) is 2. The van der Waals surface area contributed by atoms with Crippen molar-refractivity contribution in [3.8, 4) is 11.4 Å². The molecule has 28 heavy (non-hydrogen) atoms. The minimum Gasteiger partial charge on any atom is -0.347 e. The van der Waals surface area contributed by atoms with Crippen LogP contribution in [-0.4, -0.2) is 21.2 Å². The van der Waals surface area contributed by atoms with Gasteiger partial charge < -0.3 is 10.6 Å². The third kappa shape index (κ3) is 3.91. The average Bonchev–Trinajstić information content (AvgIpc) is 3.49. The lowest BCUT2D eigenvalue weighted by atomic mass is 10.2. The van der Waals surface area contributed by atoms with Crippen LogP contribution < -0.4 is 10.6 Å². The Bertz CT molecular complexity index is 1020. The van der Waals surface area contributed by atoms with E-state index in [1.54, 1.807) is 36.5 Å². The fourth-order valence-corrected chi connectivity index (χ4v) is 3.47. The zero-order chi connectivity index (χ0) is 19.5. The first-order valence-corrected chi connectivity index (χ1v) is 9.64. The molecule has 2 amide bonds. The van der Waals surface area contributed by atoms with Crippen molar-refractivity contribution in [3.05, 3.63) is 64.9 Å². The smallest absolute Gasteiger partial charge is 0.265 e. The Hall–Kier alpha value is -3.13. The van der Waals surface area contributed by atoms with Gasteiger partial charge in [-0.05, 0) is 42.6 Å². The minimum atomic E-state index is -0.422. The number of anilines is 1. The first kappa shape index (κ1) is 18.2. The van der Waals surface area contributed by atoms with Crippen LogP contribution >= 0.6 is 11.5 Å². The summed E-state index contributed by atoms with van der Waals surface area (Å²) in [5, 5.41) is 5.54. The Balaban J connectivity index is 1.60. The van der Waals surface area contributed by atoms with E-state index in [2.05, 4.69) is 20.0 Å². The Morgan fingerprint density at radius 3 is 2.64 bits per heavy atom. The van der Waals surface area contributed by atoms with E-state index in [9.17, 15) is 14.0 Å². The van der Waals surface area contributed by atoms with Gasteiger partial charge in [-0.15, -0.1) is 0 Å². The Morgan fingerprint density at radius 2 is 1.93 bits per heavy atom. The Labute approximate surface area is 165 Å². The van der Waals surface area contributed by atoms with Crippen molar-refractivity contribution in [3.63, 3.8) is 0 Å². The number of rotatable bonds is 6. The number of hydrogen-bond donors (Lipinski definition) is 2. The van der Waals surface area contributed by atoms with Crippen molar-refractivity contribution in [2.75, 3.05) is 5.32 Å². The lowest BCUT2D eigenvalue weighted by Gasteiger charge is -2.09. The van der Waals surface area contributed by atoms with E-state index >= 15 is 0 Å². The van der Waals surface area contributed by atoms with E-state index in [-0.39, 0.29) is 29.1 Å². The van der Waals surface area contributed by atoms with E-state index in [4.69, 9.17) is 0 Å². The van der Waals surface area contributed by atoms with Crippen LogP contribution in [0.25, 0.3) is 11.4 Å². The topological polar surface area (TPSA) is 84.0 Å². The summed E-state index contributed by atoms with van der Waals surface area (Å²) in [7, 11) is 0. The predicted molar refractivity (Wildman–Crippen MR) is 104 cm³/mol. The summed E-state index contributed by atoms with van der Waals surface area (Å²) in [6.45, 7) is 0.0400. The molecule has 0 saturated heterocycles. The molecule has 0 spiro atoms. The summed E-state index contributed by atoms with van der Waals surface area (Å²) in [4.78, 5) is 29.6. The summed E-state index contributed by atoms with van der Waals surface area (Å²) in [6, 6.07) is 11.6. The summed E-state index contributed by atoms with van der Waals surface area (Å²) < 4.78 is 18.1. The highest BCUT2D eigenvalue weighted by atomic mass is 32.1. The lowest BCUT2D eigenvalue weighted by Crippen LogP contribution is -2.24. The van der Waals surface area contributed by atoms with E-state index in [1.807, 2.05) is 6.07 Å². The van der Waals surface area contributed by atoms with Crippen LogP contribution in [0.5, 0.6) is 0 Å². The maximum Gasteiger partial charge on any atom is 0.265 e. The number of hydrogen-bond acceptors (Lipinski definition) is 5. The Kier molecular flexibility index (Phi) is 5.12. The molecule has 8 heteroatoms. The molecule has 1 saturated carbocycles. The van der Waals surface area contributed by atoms with Gasteiger partial charge in [0.1, 0.15) is 16.4 Å². The molecule has 142 valence electrons. The van der Waals surface area contributed by atoms with E-state index in [0.29, 0.717) is 22.6 Å². The van der Waals surface area contributed by atoms with Gasteiger partial charge in [-0.2, -0.15) is 4.37 Å². The average molecular weight is 396 g/mol. The molecule has 2 N–H and O–H groups in total. The van der Waals surface area contributed by atoms with Crippen LogP contribution in [0.3, 0.4) is 0 Å². The van der Waals surface area contributed by atoms with Crippen LogP contribution in [0, 0.1) is 11.7 Å². The fourth-order valence-electron chi connectivity index (χ4n) is 2.71. The first-order valence-electron chi connectivity index (χ1n) is 8.87. The molecule has 2 heterocycles. The number of carbonyl (C=O) groups excluding carboxylic acids is 2. The number of nitrogens with zero attached hydrogens (tertiary/aromatic N) is 2. The van der Waals surface area contributed by atoms with Crippen molar-refractivity contribution in [1.29, 1.82) is 0 Å². The number of carbonyl (C=O) groups is 2. The molecule has 0 unspecified atom stereocenters. The van der Waals surface area contributed by atoms with Crippen LogP contribution in [0.2, 0.25) is 0 Å². The highest BCUT2D eigenvalue weighted by Gasteiger charge is 2.32. The van der Waals surface area contributed by atoms with Gasteiger partial charge in [-0.3, -0.25) is 14.6 Å². The molecule has 1 fully saturated rings. The van der Waals surface area contributed by atoms with Gasteiger partial charge >= 0.3 is 0 Å². The summed E-state index contributed by atoms with van der Waals surface area (Å²) in [6.07, 6.45) is 3.31. The molecule has 0 bridgehead atoms. The zero-order valence-corrected chi connectivity index (χ0v) is 15.6. The van der Waals surface area contributed by atoms with Gasteiger partial charge in [0.15, 0.2) is 0 Å². The van der Waals surface area contributed by atoms with Crippen LogP contribution in [0.1, 0.15) is 28.1 Å². The molecule has 1 aliphatic rings. The van der Waals surface area contributed by atoms with Crippen molar-refractivity contribution >= 4 is 29.0 Å². The summed E-state index contributed by atoms with van der Waals surface area (Å²) in [5.74, 6) is -0.955. The predicted octanol–water partition coefficient (Wildman–Crippen LogP) is 3.62. The fraction of sp³-hybridized carbons (Fsp3) is 0.200. The molecule has 0 atom stereocenters. The molecule has 0 radical (unpaired) electrons. The minimum absolute atomic E-state index is 0.0224. The molecule has 0 aliphatic heterocycles. The second kappa shape index (κ2) is 7.85. The first-order chi connectivity index (χ1) is 13.6. The van der Waals surface area contributed by atoms with Crippen molar-refractivity contribution in [1.82, 2.24) is 14.7 Å². The second-order valence-corrected chi connectivity index (χ2v) is 7.26. The third-order valence-electron chi connectivity index (χ3n) is 4.40. The molecule has 4 rings (SSSR count). The SMILES string of the molecule is O=C(NCc1ccccc1F)c1snc(-c2ccccn2)c1NC(=O)C1CC1. The summed E-state index contributed by atoms with van der Waals surface area (Å²) >= 11 is 0.982. The molecular formula is C20H17FN4O2S. The molecule has 3 aromatic rings. The highest BCUT2D eigenvalue weighted by Crippen LogP contribution is 2.35. The van der Waals surface area contributed by atoms with Gasteiger partial charge in [-0.25, -0.2) is 4.39 Å². The standard InChI is InChI=1S/C20H17FN4O2S/c21-14-6-2-1-5-13(14)11-23-20(27)18-17(24-19(26)12-8-9-12)16(25-28-18)15-7-3-4-10-22-15/h1-7,10,12H,8-9,11H2,(H,23,27)(H,24,26). The molecular weight excluding hydrogens is 379 g/mol. The molecule has 6 nitrogen and oxygen atoms in total. The Morgan fingerprint density at radius 1 is 1.14 bits per heavy atom. The lowest BCUT2D eigenvalue weighted by molar-refractivity contribution is -0.117. The normalized spacial score (nSPS) is 13.2.